The van der Waals surface area contributed by atoms with Crippen molar-refractivity contribution in [2.24, 2.45) is 0 Å². The van der Waals surface area contributed by atoms with Gasteiger partial charge in [0.2, 0.25) is 5.91 Å². The lowest BCUT2D eigenvalue weighted by Crippen LogP contribution is -2.36. The highest BCUT2D eigenvalue weighted by Gasteiger charge is 2.18. The van der Waals surface area contributed by atoms with Crippen molar-refractivity contribution in [2.75, 3.05) is 29.1 Å². The Bertz CT molecular complexity index is 839. The first-order valence-electron chi connectivity index (χ1n) is 7.86. The summed E-state index contributed by atoms with van der Waals surface area (Å²) in [4.78, 5) is 24.5. The summed E-state index contributed by atoms with van der Waals surface area (Å²) in [5.74, 6) is 0.572. The summed E-state index contributed by atoms with van der Waals surface area (Å²) in [7, 11) is 1.76. The number of benzene rings is 2. The van der Waals surface area contributed by atoms with Gasteiger partial charge in [0.25, 0.3) is 0 Å². The molecule has 1 amide bonds. The van der Waals surface area contributed by atoms with E-state index in [1.807, 2.05) is 53.4 Å². The van der Waals surface area contributed by atoms with E-state index in [1.54, 1.807) is 30.3 Å². The predicted octanol–water partition coefficient (Wildman–Crippen LogP) is 2.86. The molecule has 0 atom stereocenters. The van der Waals surface area contributed by atoms with Crippen molar-refractivity contribution in [2.45, 2.75) is 0 Å². The molecule has 6 nitrogen and oxygen atoms in total. The Morgan fingerprint density at radius 1 is 1.04 bits per heavy atom. The Labute approximate surface area is 146 Å². The molecule has 1 heterocycles. The van der Waals surface area contributed by atoms with Crippen molar-refractivity contribution in [1.29, 1.82) is 0 Å². The first-order chi connectivity index (χ1) is 12.1. The summed E-state index contributed by atoms with van der Waals surface area (Å²) < 4.78 is 0. The zero-order valence-electron chi connectivity index (χ0n) is 13.9. The Morgan fingerprint density at radius 2 is 1.80 bits per heavy atom. The minimum atomic E-state index is -0.0627. The van der Waals surface area contributed by atoms with Crippen molar-refractivity contribution in [1.82, 2.24) is 9.97 Å². The molecule has 0 saturated heterocycles. The minimum Gasteiger partial charge on any atom is -0.399 e. The number of carbonyl (C=O) groups is 1. The van der Waals surface area contributed by atoms with Crippen molar-refractivity contribution >= 4 is 28.8 Å². The van der Waals surface area contributed by atoms with Gasteiger partial charge in [-0.3, -0.25) is 4.79 Å². The maximum absolute atomic E-state index is 12.8. The van der Waals surface area contributed by atoms with E-state index in [1.165, 1.54) is 6.33 Å². The molecule has 0 radical (unpaired) electrons. The van der Waals surface area contributed by atoms with Crippen LogP contribution >= 0.6 is 0 Å². The predicted molar refractivity (Wildman–Crippen MR) is 99.7 cm³/mol. The molecular formula is C19H19N5O. The molecule has 0 aliphatic rings. The number of nitrogens with two attached hydrogens (primary N) is 1. The van der Waals surface area contributed by atoms with Crippen LogP contribution in [0.2, 0.25) is 0 Å². The van der Waals surface area contributed by atoms with Crippen LogP contribution in [0.25, 0.3) is 0 Å². The standard InChI is InChI=1S/C19H19N5O/c1-23(16-7-3-2-4-8-16)19(25)13-24(18-10-11-21-14-22-18)17-9-5-6-15(20)12-17/h2-12,14H,13,20H2,1H3. The van der Waals surface area contributed by atoms with Crippen LogP contribution in [0.3, 0.4) is 0 Å². The first kappa shape index (κ1) is 16.4. The molecule has 25 heavy (non-hydrogen) atoms. The van der Waals surface area contributed by atoms with E-state index in [2.05, 4.69) is 9.97 Å². The summed E-state index contributed by atoms with van der Waals surface area (Å²) in [6.07, 6.45) is 3.10. The monoisotopic (exact) mass is 333 g/mol. The molecule has 2 aromatic carbocycles. The van der Waals surface area contributed by atoms with Gasteiger partial charge in [0.15, 0.2) is 0 Å². The molecular weight excluding hydrogens is 314 g/mol. The van der Waals surface area contributed by atoms with Crippen LogP contribution in [0.15, 0.2) is 73.2 Å². The molecule has 1 aromatic heterocycles. The second-order valence-electron chi connectivity index (χ2n) is 5.54. The highest BCUT2D eigenvalue weighted by Crippen LogP contribution is 2.25. The van der Waals surface area contributed by atoms with Crippen molar-refractivity contribution in [3.63, 3.8) is 0 Å². The fourth-order valence-electron chi connectivity index (χ4n) is 2.48. The summed E-state index contributed by atoms with van der Waals surface area (Å²) in [5.41, 5.74) is 8.16. The lowest BCUT2D eigenvalue weighted by atomic mass is 10.2. The molecule has 3 aromatic rings. The number of para-hydroxylation sites is 1. The highest BCUT2D eigenvalue weighted by molar-refractivity contribution is 5.97. The Kier molecular flexibility index (Phi) is 4.89. The maximum atomic E-state index is 12.8. The summed E-state index contributed by atoms with van der Waals surface area (Å²) in [6.45, 7) is 0.131. The van der Waals surface area contributed by atoms with E-state index < -0.39 is 0 Å². The number of hydrogen-bond donors (Lipinski definition) is 1. The lowest BCUT2D eigenvalue weighted by Gasteiger charge is -2.26. The van der Waals surface area contributed by atoms with Gasteiger partial charge in [0.1, 0.15) is 18.7 Å². The van der Waals surface area contributed by atoms with Crippen LogP contribution < -0.4 is 15.5 Å². The number of nitrogens with zero attached hydrogens (tertiary/aromatic N) is 4. The van der Waals surface area contributed by atoms with E-state index in [-0.39, 0.29) is 12.5 Å². The van der Waals surface area contributed by atoms with E-state index >= 15 is 0 Å². The number of rotatable bonds is 5. The lowest BCUT2D eigenvalue weighted by molar-refractivity contribution is -0.116. The number of anilines is 4. The van der Waals surface area contributed by atoms with Crippen molar-refractivity contribution < 1.29 is 4.79 Å². The average molecular weight is 333 g/mol. The average Bonchev–Trinajstić information content (AvgIpc) is 2.66. The van der Waals surface area contributed by atoms with Gasteiger partial charge in [0, 0.05) is 30.3 Å². The van der Waals surface area contributed by atoms with Crippen LogP contribution in [-0.4, -0.2) is 29.5 Å². The van der Waals surface area contributed by atoms with Gasteiger partial charge >= 0.3 is 0 Å². The smallest absolute Gasteiger partial charge is 0.246 e. The molecule has 0 saturated carbocycles. The third-order valence-electron chi connectivity index (χ3n) is 3.84. The number of likely N-dealkylation sites (N-methyl/N-ethyl adjacent to an activating group) is 1. The third-order valence-corrected chi connectivity index (χ3v) is 3.84. The van der Waals surface area contributed by atoms with Gasteiger partial charge in [-0.25, -0.2) is 9.97 Å². The minimum absolute atomic E-state index is 0.0627. The summed E-state index contributed by atoms with van der Waals surface area (Å²) in [6, 6.07) is 18.6. The Balaban J connectivity index is 1.89. The maximum Gasteiger partial charge on any atom is 0.246 e. The first-order valence-corrected chi connectivity index (χ1v) is 7.86. The highest BCUT2D eigenvalue weighted by atomic mass is 16.2. The van der Waals surface area contributed by atoms with E-state index in [4.69, 9.17) is 5.73 Å². The number of hydrogen-bond acceptors (Lipinski definition) is 5. The molecule has 3 rings (SSSR count). The molecule has 2 N–H and O–H groups in total. The molecule has 0 unspecified atom stereocenters. The van der Waals surface area contributed by atoms with Crippen molar-refractivity contribution in [3.8, 4) is 0 Å². The quantitative estimate of drug-likeness (QED) is 0.727. The van der Waals surface area contributed by atoms with Gasteiger partial charge in [0.05, 0.1) is 0 Å². The largest absolute Gasteiger partial charge is 0.399 e. The van der Waals surface area contributed by atoms with E-state index in [0.29, 0.717) is 11.5 Å². The molecule has 0 spiro atoms. The van der Waals surface area contributed by atoms with Gasteiger partial charge in [-0.05, 0) is 36.4 Å². The van der Waals surface area contributed by atoms with Crippen LogP contribution in [0, 0.1) is 0 Å². The van der Waals surface area contributed by atoms with E-state index in [0.717, 1.165) is 11.4 Å². The molecule has 0 aliphatic heterocycles. The molecule has 126 valence electrons. The molecule has 0 aliphatic carbocycles. The second kappa shape index (κ2) is 7.44. The fraction of sp³-hybridized carbons (Fsp3) is 0.105. The normalized spacial score (nSPS) is 10.3. The molecule has 0 fully saturated rings. The van der Waals surface area contributed by atoms with Crippen LogP contribution in [-0.2, 0) is 4.79 Å². The zero-order chi connectivity index (χ0) is 17.6. The zero-order valence-corrected chi connectivity index (χ0v) is 13.9. The van der Waals surface area contributed by atoms with Gasteiger partial charge in [-0.1, -0.05) is 24.3 Å². The third kappa shape index (κ3) is 3.92. The number of carbonyl (C=O) groups excluding carboxylic acids is 1. The summed E-state index contributed by atoms with van der Waals surface area (Å²) >= 11 is 0. The van der Waals surface area contributed by atoms with Gasteiger partial charge in [-0.2, -0.15) is 0 Å². The topological polar surface area (TPSA) is 75.4 Å². The van der Waals surface area contributed by atoms with Crippen LogP contribution in [0.5, 0.6) is 0 Å². The Hall–Kier alpha value is -3.41. The number of aromatic nitrogens is 2. The second-order valence-corrected chi connectivity index (χ2v) is 5.54. The van der Waals surface area contributed by atoms with E-state index in [9.17, 15) is 4.79 Å². The molecule has 6 heteroatoms. The van der Waals surface area contributed by atoms with Gasteiger partial charge in [-0.15, -0.1) is 0 Å². The number of amides is 1. The summed E-state index contributed by atoms with van der Waals surface area (Å²) in [5, 5.41) is 0. The van der Waals surface area contributed by atoms with Crippen molar-refractivity contribution in [3.05, 3.63) is 73.2 Å². The fourth-order valence-corrected chi connectivity index (χ4v) is 2.48. The van der Waals surface area contributed by atoms with Crippen LogP contribution in [0.4, 0.5) is 22.9 Å². The van der Waals surface area contributed by atoms with Gasteiger partial charge < -0.3 is 15.5 Å². The van der Waals surface area contributed by atoms with Crippen LogP contribution in [0.1, 0.15) is 0 Å². The number of nitrogen functional groups attached to an aromatic ring is 1. The molecule has 0 bridgehead atoms. The SMILES string of the molecule is CN(C(=O)CN(c1cccc(N)c1)c1ccncn1)c1ccccc1. The Morgan fingerprint density at radius 3 is 2.48 bits per heavy atom.